The Labute approximate surface area is 83.8 Å². The van der Waals surface area contributed by atoms with Gasteiger partial charge < -0.3 is 9.47 Å². The van der Waals surface area contributed by atoms with Crippen molar-refractivity contribution in [2.75, 3.05) is 13.2 Å². The van der Waals surface area contributed by atoms with Crippen molar-refractivity contribution < 1.29 is 9.47 Å². The lowest BCUT2D eigenvalue weighted by molar-refractivity contribution is 0.0180. The zero-order chi connectivity index (χ0) is 8.98. The van der Waals surface area contributed by atoms with E-state index in [-0.39, 0.29) is 0 Å². The summed E-state index contributed by atoms with van der Waals surface area (Å²) in [7, 11) is 0. The van der Waals surface area contributed by atoms with Gasteiger partial charge in [-0.2, -0.15) is 0 Å². The van der Waals surface area contributed by atoms with Crippen LogP contribution >= 0.6 is 25.3 Å². The van der Waals surface area contributed by atoms with Gasteiger partial charge in [0.1, 0.15) is 0 Å². The predicted octanol–water partition coefficient (Wildman–Crippen LogP) is 1.57. The Morgan fingerprint density at radius 3 is 1.67 bits per heavy atom. The van der Waals surface area contributed by atoms with Crippen molar-refractivity contribution >= 4 is 25.3 Å². The monoisotopic (exact) mass is 206 g/mol. The SMILES string of the molecule is C[C@@H]1CO[C@]2(S)[C@H](C)CO[C@]12S. The first-order valence-electron chi connectivity index (χ1n) is 4.23. The molecule has 0 radical (unpaired) electrons. The van der Waals surface area contributed by atoms with Gasteiger partial charge in [-0.1, -0.05) is 13.8 Å². The van der Waals surface area contributed by atoms with Gasteiger partial charge in [0, 0.05) is 11.8 Å². The van der Waals surface area contributed by atoms with Gasteiger partial charge >= 0.3 is 0 Å². The van der Waals surface area contributed by atoms with Crippen LogP contribution in [-0.4, -0.2) is 23.1 Å². The van der Waals surface area contributed by atoms with Crippen LogP contribution in [0, 0.1) is 11.8 Å². The van der Waals surface area contributed by atoms with E-state index in [0.717, 1.165) is 0 Å². The van der Waals surface area contributed by atoms with Gasteiger partial charge in [-0.25, -0.2) is 0 Å². The Hall–Kier alpha value is 0.620. The summed E-state index contributed by atoms with van der Waals surface area (Å²) in [6.45, 7) is 5.56. The molecule has 2 saturated heterocycles. The summed E-state index contributed by atoms with van der Waals surface area (Å²) in [4.78, 5) is -0.981. The fraction of sp³-hybridized carbons (Fsp3) is 1.00. The van der Waals surface area contributed by atoms with Crippen molar-refractivity contribution in [3.8, 4) is 0 Å². The maximum atomic E-state index is 5.65. The van der Waals surface area contributed by atoms with Gasteiger partial charge in [0.25, 0.3) is 0 Å². The zero-order valence-electron chi connectivity index (χ0n) is 7.28. The summed E-state index contributed by atoms with van der Waals surface area (Å²) < 4.78 is 11.3. The third-order valence-corrected chi connectivity index (χ3v) is 4.94. The van der Waals surface area contributed by atoms with Crippen LogP contribution in [-0.2, 0) is 9.47 Å². The second-order valence-electron chi connectivity index (χ2n) is 3.82. The quantitative estimate of drug-likeness (QED) is 0.586. The Bertz CT molecular complexity index is 189. The van der Waals surface area contributed by atoms with Crippen LogP contribution < -0.4 is 0 Å². The summed E-state index contributed by atoms with van der Waals surface area (Å²) >= 11 is 9.11. The molecule has 0 bridgehead atoms. The molecule has 0 aromatic rings. The highest BCUT2D eigenvalue weighted by Gasteiger charge is 2.64. The van der Waals surface area contributed by atoms with Crippen LogP contribution in [0.25, 0.3) is 0 Å². The topological polar surface area (TPSA) is 18.5 Å². The summed E-state index contributed by atoms with van der Waals surface area (Å²) in [5.74, 6) is 0.617. The van der Waals surface area contributed by atoms with Crippen LogP contribution in [0.15, 0.2) is 0 Å². The molecule has 0 unspecified atom stereocenters. The second-order valence-corrected chi connectivity index (χ2v) is 5.15. The van der Waals surface area contributed by atoms with Gasteiger partial charge in [0.05, 0.1) is 13.2 Å². The molecule has 0 N–H and O–H groups in total. The highest BCUT2D eigenvalue weighted by atomic mass is 32.1. The van der Waals surface area contributed by atoms with E-state index in [9.17, 15) is 0 Å². The Kier molecular flexibility index (Phi) is 1.96. The number of hydrogen-bond donors (Lipinski definition) is 2. The number of ether oxygens (including phenoxy) is 2. The minimum absolute atomic E-state index is 0.309. The number of fused-ring (bicyclic) bond motifs is 1. The lowest BCUT2D eigenvalue weighted by Gasteiger charge is -2.33. The van der Waals surface area contributed by atoms with Crippen molar-refractivity contribution in [3.05, 3.63) is 0 Å². The first-order chi connectivity index (χ1) is 5.51. The predicted molar refractivity (Wildman–Crippen MR) is 53.7 cm³/mol. The maximum Gasteiger partial charge on any atom is 0.154 e. The van der Waals surface area contributed by atoms with Crippen molar-refractivity contribution in [1.82, 2.24) is 0 Å². The van der Waals surface area contributed by atoms with E-state index in [1.165, 1.54) is 0 Å². The third-order valence-electron chi connectivity index (χ3n) is 2.96. The summed E-state index contributed by atoms with van der Waals surface area (Å²) in [5.41, 5.74) is 0. The number of rotatable bonds is 0. The van der Waals surface area contributed by atoms with Gasteiger partial charge in [-0.15, -0.1) is 25.3 Å². The molecule has 0 saturated carbocycles. The second kappa shape index (κ2) is 2.56. The Balaban J connectivity index is 2.37. The molecule has 2 aliphatic rings. The summed E-state index contributed by atoms with van der Waals surface area (Å²) in [5, 5.41) is 0. The maximum absolute atomic E-state index is 5.65. The lowest BCUT2D eigenvalue weighted by Crippen LogP contribution is -2.44. The molecule has 0 amide bonds. The molecule has 0 aromatic carbocycles. The largest absolute Gasteiger partial charge is 0.360 e. The van der Waals surface area contributed by atoms with E-state index in [1.54, 1.807) is 0 Å². The van der Waals surface area contributed by atoms with Crippen LogP contribution in [0.5, 0.6) is 0 Å². The zero-order valence-corrected chi connectivity index (χ0v) is 9.07. The molecule has 2 rings (SSSR count). The minimum Gasteiger partial charge on any atom is -0.360 e. The highest BCUT2D eigenvalue weighted by Crippen LogP contribution is 2.56. The van der Waals surface area contributed by atoms with Gasteiger partial charge in [-0.3, -0.25) is 0 Å². The molecule has 70 valence electrons. The molecular weight excluding hydrogens is 192 g/mol. The molecule has 4 heteroatoms. The molecule has 12 heavy (non-hydrogen) atoms. The molecule has 2 heterocycles. The van der Waals surface area contributed by atoms with E-state index in [2.05, 4.69) is 39.1 Å². The van der Waals surface area contributed by atoms with E-state index >= 15 is 0 Å². The molecule has 0 aromatic heterocycles. The molecule has 0 spiro atoms. The Morgan fingerprint density at radius 1 is 1.00 bits per heavy atom. The van der Waals surface area contributed by atoms with Crippen LogP contribution in [0.3, 0.4) is 0 Å². The molecule has 4 atom stereocenters. The van der Waals surface area contributed by atoms with Gasteiger partial charge in [-0.05, 0) is 0 Å². The first-order valence-corrected chi connectivity index (χ1v) is 5.13. The minimum atomic E-state index is -0.491. The van der Waals surface area contributed by atoms with Crippen molar-refractivity contribution in [1.29, 1.82) is 0 Å². The molecule has 2 nitrogen and oxygen atoms in total. The van der Waals surface area contributed by atoms with Gasteiger partial charge in [0.15, 0.2) is 9.87 Å². The Morgan fingerprint density at radius 2 is 1.33 bits per heavy atom. The van der Waals surface area contributed by atoms with Crippen molar-refractivity contribution in [2.24, 2.45) is 11.8 Å². The molecule has 0 aliphatic carbocycles. The van der Waals surface area contributed by atoms with Crippen LogP contribution in [0.1, 0.15) is 13.8 Å². The van der Waals surface area contributed by atoms with E-state index < -0.39 is 9.87 Å². The normalized spacial score (nSPS) is 59.0. The fourth-order valence-electron chi connectivity index (χ4n) is 1.93. The standard InChI is InChI=1S/C8H14O2S2/c1-5-3-9-8(12)6(2)4-10-7(5,8)11/h5-6,11-12H,3-4H2,1-2H3/t5-,6-,7+,8+/m1/s1. The average Bonchev–Trinajstić information content (AvgIpc) is 2.39. The van der Waals surface area contributed by atoms with Crippen molar-refractivity contribution in [3.63, 3.8) is 0 Å². The average molecular weight is 206 g/mol. The van der Waals surface area contributed by atoms with Gasteiger partial charge in [0.2, 0.25) is 0 Å². The highest BCUT2D eigenvalue weighted by molar-refractivity contribution is 7.86. The lowest BCUT2D eigenvalue weighted by atomic mass is 9.97. The summed E-state index contributed by atoms with van der Waals surface area (Å²) in [6.07, 6.45) is 0. The van der Waals surface area contributed by atoms with Crippen LogP contribution in [0.2, 0.25) is 0 Å². The molecule has 2 aliphatic heterocycles. The van der Waals surface area contributed by atoms with Crippen molar-refractivity contribution in [2.45, 2.75) is 23.7 Å². The van der Waals surface area contributed by atoms with E-state index in [4.69, 9.17) is 9.47 Å². The van der Waals surface area contributed by atoms with E-state index in [0.29, 0.717) is 25.0 Å². The number of thiol groups is 2. The number of hydrogen-bond acceptors (Lipinski definition) is 4. The third kappa shape index (κ3) is 0.870. The van der Waals surface area contributed by atoms with Crippen LogP contribution in [0.4, 0.5) is 0 Å². The summed E-state index contributed by atoms with van der Waals surface area (Å²) in [6, 6.07) is 0. The molecular formula is C8H14O2S2. The van der Waals surface area contributed by atoms with E-state index in [1.807, 2.05) is 0 Å². The first kappa shape index (κ1) is 9.19. The smallest absolute Gasteiger partial charge is 0.154 e. The fourth-order valence-corrected chi connectivity index (χ4v) is 2.80. The molecule has 2 fully saturated rings.